The van der Waals surface area contributed by atoms with Crippen molar-refractivity contribution in [1.29, 1.82) is 0 Å². The number of hydrogen-bond donors (Lipinski definition) is 2. The first kappa shape index (κ1) is 16.6. The third kappa shape index (κ3) is 2.77. The van der Waals surface area contributed by atoms with Gasteiger partial charge in [0.2, 0.25) is 0 Å². The van der Waals surface area contributed by atoms with Gasteiger partial charge < -0.3 is 15.0 Å². The maximum Gasteiger partial charge on any atom is 0.270 e. The summed E-state index contributed by atoms with van der Waals surface area (Å²) in [4.78, 5) is 28.4. The van der Waals surface area contributed by atoms with E-state index in [-0.39, 0.29) is 37.6 Å². The number of alkyl halides is 2. The van der Waals surface area contributed by atoms with Gasteiger partial charge in [-0.3, -0.25) is 9.59 Å². The zero-order valence-electron chi connectivity index (χ0n) is 12.9. The van der Waals surface area contributed by atoms with Crippen molar-refractivity contribution < 1.29 is 23.5 Å². The predicted molar refractivity (Wildman–Crippen MR) is 76.4 cm³/mol. The number of carbonyl (C=O) groups is 2. The largest absolute Gasteiger partial charge is 0.384 e. The van der Waals surface area contributed by atoms with E-state index in [4.69, 9.17) is 0 Å². The lowest BCUT2D eigenvalue weighted by Crippen LogP contribution is -2.50. The summed E-state index contributed by atoms with van der Waals surface area (Å²) in [5, 5.41) is 9.75. The summed E-state index contributed by atoms with van der Waals surface area (Å²) in [6, 6.07) is 0. The quantitative estimate of drug-likeness (QED) is 0.839. The van der Waals surface area contributed by atoms with Crippen molar-refractivity contribution in [2.45, 2.75) is 45.6 Å². The van der Waals surface area contributed by atoms with Crippen LogP contribution in [0.3, 0.4) is 0 Å². The normalized spacial score (nSPS) is 17.9. The van der Waals surface area contributed by atoms with Gasteiger partial charge in [-0.05, 0) is 39.2 Å². The number of hydrogen-bond acceptors (Lipinski definition) is 3. The van der Waals surface area contributed by atoms with Crippen LogP contribution in [-0.4, -0.2) is 51.8 Å². The number of halogens is 2. The van der Waals surface area contributed by atoms with Crippen LogP contribution in [0.25, 0.3) is 0 Å². The molecule has 2 N–H and O–H groups in total. The number of H-pyrrole nitrogens is 1. The molecule has 0 spiro atoms. The summed E-state index contributed by atoms with van der Waals surface area (Å²) in [6.45, 7) is 4.96. The van der Waals surface area contributed by atoms with Crippen LogP contribution in [0.15, 0.2) is 0 Å². The third-order valence-corrected chi connectivity index (χ3v) is 4.33. The average Bonchev–Trinajstić information content (AvgIpc) is 2.74. The van der Waals surface area contributed by atoms with Crippen LogP contribution in [0.2, 0.25) is 0 Å². The highest BCUT2D eigenvalue weighted by molar-refractivity contribution is 6.02. The monoisotopic (exact) mass is 314 g/mol. The molecule has 0 atom stereocenters. The molecule has 0 saturated carbocycles. The fourth-order valence-electron chi connectivity index (χ4n) is 2.97. The van der Waals surface area contributed by atoms with E-state index in [2.05, 4.69) is 4.98 Å². The van der Waals surface area contributed by atoms with E-state index in [1.807, 2.05) is 0 Å². The molecule has 1 amide bonds. The average molecular weight is 314 g/mol. The second-order valence-corrected chi connectivity index (χ2v) is 5.88. The fraction of sp³-hybridized carbons (Fsp3) is 0.600. The van der Waals surface area contributed by atoms with Gasteiger partial charge in [0, 0.05) is 24.3 Å². The first-order valence-corrected chi connectivity index (χ1v) is 7.17. The van der Waals surface area contributed by atoms with Gasteiger partial charge in [-0.15, -0.1) is 0 Å². The number of nitrogens with one attached hydrogen (secondary N) is 1. The van der Waals surface area contributed by atoms with Crippen molar-refractivity contribution in [3.05, 3.63) is 22.5 Å². The van der Waals surface area contributed by atoms with Gasteiger partial charge >= 0.3 is 0 Å². The predicted octanol–water partition coefficient (Wildman–Crippen LogP) is 2.07. The molecule has 0 bridgehead atoms. The van der Waals surface area contributed by atoms with Crippen LogP contribution in [0.1, 0.15) is 51.9 Å². The maximum atomic E-state index is 12.8. The zero-order chi connectivity index (χ0) is 16.7. The maximum absolute atomic E-state index is 12.8. The SMILES string of the molecule is CC(=O)c1c(C)[nH]c(C(=O)N2CCC(O)(C(F)F)CC2)c1C. The van der Waals surface area contributed by atoms with Gasteiger partial charge in [-0.1, -0.05) is 0 Å². The number of aromatic nitrogens is 1. The highest BCUT2D eigenvalue weighted by Gasteiger charge is 2.42. The first-order valence-electron chi connectivity index (χ1n) is 7.17. The summed E-state index contributed by atoms with van der Waals surface area (Å²) < 4.78 is 25.5. The molecule has 5 nitrogen and oxygen atoms in total. The van der Waals surface area contributed by atoms with Crippen molar-refractivity contribution in [3.8, 4) is 0 Å². The molecule has 122 valence electrons. The molecule has 0 aliphatic carbocycles. The number of Topliss-reactive ketones (excluding diaryl/α,β-unsaturated/α-hetero) is 1. The Balaban J connectivity index is 2.18. The van der Waals surface area contributed by atoms with Gasteiger partial charge in [-0.25, -0.2) is 8.78 Å². The van der Waals surface area contributed by atoms with E-state index in [0.717, 1.165) is 0 Å². The van der Waals surface area contributed by atoms with E-state index in [1.165, 1.54) is 11.8 Å². The number of piperidine rings is 1. The minimum atomic E-state index is -2.82. The van der Waals surface area contributed by atoms with E-state index >= 15 is 0 Å². The van der Waals surface area contributed by atoms with Crippen LogP contribution in [0.4, 0.5) is 8.78 Å². The van der Waals surface area contributed by atoms with Crippen molar-refractivity contribution in [1.82, 2.24) is 9.88 Å². The van der Waals surface area contributed by atoms with E-state index < -0.39 is 12.0 Å². The van der Waals surface area contributed by atoms with E-state index in [9.17, 15) is 23.5 Å². The molecule has 1 saturated heterocycles. The summed E-state index contributed by atoms with van der Waals surface area (Å²) in [5.41, 5.74) is -0.0177. The molecule has 2 heterocycles. The van der Waals surface area contributed by atoms with Crippen LogP contribution < -0.4 is 0 Å². The Morgan fingerprint density at radius 1 is 1.27 bits per heavy atom. The van der Waals surface area contributed by atoms with Gasteiger partial charge in [-0.2, -0.15) is 0 Å². The van der Waals surface area contributed by atoms with Crippen LogP contribution >= 0.6 is 0 Å². The Bertz CT molecular complexity index is 602. The number of rotatable bonds is 3. The number of aryl methyl sites for hydroxylation is 1. The lowest BCUT2D eigenvalue weighted by Gasteiger charge is -2.37. The van der Waals surface area contributed by atoms with Crippen molar-refractivity contribution >= 4 is 11.7 Å². The van der Waals surface area contributed by atoms with Gasteiger partial charge in [0.15, 0.2) is 5.78 Å². The molecular weight excluding hydrogens is 294 g/mol. The highest BCUT2D eigenvalue weighted by atomic mass is 19.3. The number of nitrogens with zero attached hydrogens (tertiary/aromatic N) is 1. The van der Waals surface area contributed by atoms with Crippen LogP contribution in [0, 0.1) is 13.8 Å². The van der Waals surface area contributed by atoms with E-state index in [0.29, 0.717) is 22.5 Å². The Hall–Kier alpha value is -1.76. The van der Waals surface area contributed by atoms with E-state index in [1.54, 1.807) is 13.8 Å². The minimum absolute atomic E-state index is 0.0621. The summed E-state index contributed by atoms with van der Waals surface area (Å²) in [7, 11) is 0. The number of carbonyl (C=O) groups excluding carboxylic acids is 2. The molecule has 0 radical (unpaired) electrons. The summed E-state index contributed by atoms with van der Waals surface area (Å²) >= 11 is 0. The van der Waals surface area contributed by atoms with Gasteiger partial charge in [0.05, 0.1) is 0 Å². The van der Waals surface area contributed by atoms with Crippen molar-refractivity contribution in [3.63, 3.8) is 0 Å². The molecule has 1 aliphatic rings. The summed E-state index contributed by atoms with van der Waals surface area (Å²) in [5.74, 6) is -0.458. The minimum Gasteiger partial charge on any atom is -0.384 e. The van der Waals surface area contributed by atoms with Crippen LogP contribution in [0.5, 0.6) is 0 Å². The molecule has 1 aromatic rings. The Kier molecular flexibility index (Phi) is 4.37. The second-order valence-electron chi connectivity index (χ2n) is 5.88. The van der Waals surface area contributed by atoms with Gasteiger partial charge in [0.1, 0.15) is 11.3 Å². The molecule has 0 unspecified atom stereocenters. The van der Waals surface area contributed by atoms with Crippen molar-refractivity contribution in [2.24, 2.45) is 0 Å². The number of ketones is 1. The molecule has 7 heteroatoms. The topological polar surface area (TPSA) is 73.4 Å². The highest BCUT2D eigenvalue weighted by Crippen LogP contribution is 2.30. The summed E-state index contributed by atoms with van der Waals surface area (Å²) in [6.07, 6.45) is -3.13. The number of aromatic amines is 1. The second kappa shape index (κ2) is 5.79. The van der Waals surface area contributed by atoms with Gasteiger partial charge in [0.25, 0.3) is 12.3 Å². The first-order chi connectivity index (χ1) is 10.2. The Morgan fingerprint density at radius 3 is 2.23 bits per heavy atom. The third-order valence-electron chi connectivity index (χ3n) is 4.33. The molecule has 1 aromatic heterocycles. The molecule has 1 fully saturated rings. The zero-order valence-corrected chi connectivity index (χ0v) is 12.9. The van der Waals surface area contributed by atoms with Crippen molar-refractivity contribution in [2.75, 3.05) is 13.1 Å². The Labute approximate surface area is 127 Å². The number of aliphatic hydroxyl groups is 1. The molecule has 2 rings (SSSR count). The standard InChI is InChI=1S/C15H20F2N2O3/c1-8-11(10(3)20)9(2)18-12(8)13(21)19-6-4-15(22,5-7-19)14(16)17/h14,18,22H,4-7H2,1-3H3. The molecule has 0 aromatic carbocycles. The molecule has 22 heavy (non-hydrogen) atoms. The number of likely N-dealkylation sites (tertiary alicyclic amines) is 1. The lowest BCUT2D eigenvalue weighted by molar-refractivity contribution is -0.122. The molecule has 1 aliphatic heterocycles. The fourth-order valence-corrected chi connectivity index (χ4v) is 2.97. The Morgan fingerprint density at radius 2 is 1.82 bits per heavy atom. The lowest BCUT2D eigenvalue weighted by atomic mass is 9.91. The molecular formula is C15H20F2N2O3. The smallest absolute Gasteiger partial charge is 0.270 e. The number of amides is 1. The van der Waals surface area contributed by atoms with Crippen LogP contribution in [-0.2, 0) is 0 Å².